The van der Waals surface area contributed by atoms with Gasteiger partial charge in [0, 0.05) is 30.7 Å². The van der Waals surface area contributed by atoms with Crippen LogP contribution < -0.4 is 10.6 Å². The first kappa shape index (κ1) is 15.3. The third-order valence-electron chi connectivity index (χ3n) is 5.30. The molecule has 1 atom stereocenters. The average Bonchev–Trinajstić information content (AvgIpc) is 2.81. The van der Waals surface area contributed by atoms with Crippen LogP contribution in [0.3, 0.4) is 0 Å². The van der Waals surface area contributed by atoms with Gasteiger partial charge in [-0.2, -0.15) is 0 Å². The van der Waals surface area contributed by atoms with Crippen molar-refractivity contribution in [3.05, 3.63) is 22.9 Å². The number of nitrogens with zero attached hydrogens (tertiary/aromatic N) is 3. The van der Waals surface area contributed by atoms with E-state index in [1.54, 1.807) is 0 Å². The van der Waals surface area contributed by atoms with Crippen molar-refractivity contribution in [3.63, 3.8) is 0 Å². The Kier molecular flexibility index (Phi) is 3.85. The number of carbonyl (C=O) groups is 1. The molecule has 2 aliphatic heterocycles. The fourth-order valence-electron chi connectivity index (χ4n) is 4.00. The number of aryl methyl sites for hydroxylation is 2. The molecule has 3 rings (SSSR count). The number of primary amides is 1. The number of nitrogens with two attached hydrogens (primary N) is 1. The number of carbonyl (C=O) groups excluding carboxylic acids is 1. The molecule has 2 saturated heterocycles. The lowest BCUT2D eigenvalue weighted by atomic mass is 9.79. The molecule has 1 amide bonds. The van der Waals surface area contributed by atoms with Crippen LogP contribution in [0, 0.1) is 19.3 Å². The number of amides is 1. The highest BCUT2D eigenvalue weighted by Gasteiger charge is 2.41. The number of hydrogen-bond donors (Lipinski definition) is 1. The van der Waals surface area contributed by atoms with Crippen LogP contribution >= 0.6 is 0 Å². The van der Waals surface area contributed by atoms with E-state index in [4.69, 9.17) is 10.7 Å². The van der Waals surface area contributed by atoms with Crippen molar-refractivity contribution in [1.29, 1.82) is 0 Å². The van der Waals surface area contributed by atoms with E-state index in [1.165, 1.54) is 12.8 Å². The maximum Gasteiger partial charge on any atom is 0.252 e. The molecule has 1 spiro atoms. The van der Waals surface area contributed by atoms with Gasteiger partial charge in [0.2, 0.25) is 0 Å². The van der Waals surface area contributed by atoms with E-state index < -0.39 is 0 Å². The van der Waals surface area contributed by atoms with Crippen LogP contribution in [0.2, 0.25) is 0 Å². The van der Waals surface area contributed by atoms with Gasteiger partial charge in [0.15, 0.2) is 0 Å². The van der Waals surface area contributed by atoms with Gasteiger partial charge in [0.05, 0.1) is 5.56 Å². The summed E-state index contributed by atoms with van der Waals surface area (Å²) in [5.74, 6) is 0.401. The summed E-state index contributed by atoms with van der Waals surface area (Å²) in [6, 6.07) is 1.89. The Morgan fingerprint density at radius 1 is 1.27 bits per heavy atom. The Hall–Kier alpha value is -1.62. The molecular formula is C17H26N4O. The fraction of sp³-hybridized carbons (Fsp3) is 0.647. The lowest BCUT2D eigenvalue weighted by Crippen LogP contribution is -2.45. The number of rotatable bonds is 2. The van der Waals surface area contributed by atoms with E-state index in [0.717, 1.165) is 49.7 Å². The zero-order valence-electron chi connectivity index (χ0n) is 13.9. The van der Waals surface area contributed by atoms with Crippen molar-refractivity contribution in [1.82, 2.24) is 9.88 Å². The van der Waals surface area contributed by atoms with Crippen LogP contribution in [-0.4, -0.2) is 49.0 Å². The maximum atomic E-state index is 11.8. The zero-order chi connectivity index (χ0) is 15.9. The predicted octanol–water partition coefficient (Wildman–Crippen LogP) is 1.72. The Balaban J connectivity index is 1.93. The van der Waals surface area contributed by atoms with Gasteiger partial charge in [-0.1, -0.05) is 0 Å². The quantitative estimate of drug-likeness (QED) is 0.903. The summed E-state index contributed by atoms with van der Waals surface area (Å²) in [6.45, 7) is 8.21. The fourth-order valence-corrected chi connectivity index (χ4v) is 4.00. The second kappa shape index (κ2) is 5.54. The molecule has 0 bridgehead atoms. The van der Waals surface area contributed by atoms with Gasteiger partial charge in [0.25, 0.3) is 5.91 Å². The van der Waals surface area contributed by atoms with Crippen LogP contribution in [0.25, 0.3) is 0 Å². The lowest BCUT2D eigenvalue weighted by Gasteiger charge is -2.41. The molecule has 1 aromatic heterocycles. The normalized spacial score (nSPS) is 25.9. The molecule has 2 aliphatic rings. The van der Waals surface area contributed by atoms with E-state index in [-0.39, 0.29) is 5.91 Å². The van der Waals surface area contributed by atoms with Gasteiger partial charge in [0.1, 0.15) is 5.82 Å². The van der Waals surface area contributed by atoms with Gasteiger partial charge in [-0.05, 0) is 58.3 Å². The number of pyridine rings is 1. The number of piperidine rings is 1. The van der Waals surface area contributed by atoms with Crippen molar-refractivity contribution < 1.29 is 4.79 Å². The van der Waals surface area contributed by atoms with Crippen molar-refractivity contribution in [2.75, 3.05) is 38.1 Å². The molecule has 2 N–H and O–H groups in total. The molecular weight excluding hydrogens is 276 g/mol. The summed E-state index contributed by atoms with van der Waals surface area (Å²) in [7, 11) is 2.19. The molecule has 0 radical (unpaired) electrons. The molecule has 120 valence electrons. The van der Waals surface area contributed by atoms with Gasteiger partial charge in [-0.3, -0.25) is 4.79 Å². The summed E-state index contributed by atoms with van der Waals surface area (Å²) in [5, 5.41) is 0. The molecule has 0 aromatic carbocycles. The highest BCUT2D eigenvalue weighted by Crippen LogP contribution is 2.40. The molecule has 3 heterocycles. The van der Waals surface area contributed by atoms with Crippen LogP contribution in [-0.2, 0) is 0 Å². The molecule has 5 nitrogen and oxygen atoms in total. The van der Waals surface area contributed by atoms with E-state index in [9.17, 15) is 4.79 Å². The van der Waals surface area contributed by atoms with Crippen LogP contribution in [0.4, 0.5) is 5.82 Å². The number of anilines is 1. The topological polar surface area (TPSA) is 62.5 Å². The minimum atomic E-state index is -0.381. The first-order valence-corrected chi connectivity index (χ1v) is 8.12. The van der Waals surface area contributed by atoms with Gasteiger partial charge < -0.3 is 15.5 Å². The molecule has 0 saturated carbocycles. The Morgan fingerprint density at radius 2 is 2.05 bits per heavy atom. The first-order chi connectivity index (χ1) is 10.4. The summed E-state index contributed by atoms with van der Waals surface area (Å²) < 4.78 is 0. The summed E-state index contributed by atoms with van der Waals surface area (Å²) >= 11 is 0. The van der Waals surface area contributed by atoms with Gasteiger partial charge in [-0.15, -0.1) is 0 Å². The number of aromatic nitrogens is 1. The third kappa shape index (κ3) is 2.70. The monoisotopic (exact) mass is 302 g/mol. The highest BCUT2D eigenvalue weighted by atomic mass is 16.1. The zero-order valence-corrected chi connectivity index (χ0v) is 13.9. The molecule has 0 aliphatic carbocycles. The molecule has 22 heavy (non-hydrogen) atoms. The Labute approximate surface area is 132 Å². The smallest absolute Gasteiger partial charge is 0.252 e. The van der Waals surface area contributed by atoms with Crippen molar-refractivity contribution in [3.8, 4) is 0 Å². The minimum Gasteiger partial charge on any atom is -0.365 e. The third-order valence-corrected chi connectivity index (χ3v) is 5.30. The van der Waals surface area contributed by atoms with Crippen molar-refractivity contribution in [2.45, 2.75) is 33.1 Å². The van der Waals surface area contributed by atoms with Crippen LogP contribution in [0.1, 0.15) is 40.9 Å². The second-order valence-electron chi connectivity index (χ2n) is 7.14. The Bertz CT molecular complexity index is 597. The molecule has 1 aromatic rings. The standard InChI is InChI=1S/C17H26N4O/c1-12-9-14(15(18)22)16(19-13(12)2)21-7-4-5-17(11-21)6-8-20(3)10-17/h9H,4-8,10-11H2,1-3H3,(H2,18,22). The average molecular weight is 302 g/mol. The second-order valence-corrected chi connectivity index (χ2v) is 7.14. The molecule has 2 fully saturated rings. The molecule has 5 heteroatoms. The highest BCUT2D eigenvalue weighted by molar-refractivity contribution is 5.98. The van der Waals surface area contributed by atoms with E-state index in [0.29, 0.717) is 11.0 Å². The van der Waals surface area contributed by atoms with Crippen LogP contribution in [0.15, 0.2) is 6.07 Å². The summed E-state index contributed by atoms with van der Waals surface area (Å²) in [5.41, 5.74) is 8.50. The van der Waals surface area contributed by atoms with Gasteiger partial charge >= 0.3 is 0 Å². The molecule has 1 unspecified atom stereocenters. The lowest BCUT2D eigenvalue weighted by molar-refractivity contribution is 0.1000. The summed E-state index contributed by atoms with van der Waals surface area (Å²) in [6.07, 6.45) is 3.65. The van der Waals surface area contributed by atoms with E-state index >= 15 is 0 Å². The van der Waals surface area contributed by atoms with Crippen molar-refractivity contribution in [2.24, 2.45) is 11.1 Å². The number of hydrogen-bond acceptors (Lipinski definition) is 4. The van der Waals surface area contributed by atoms with Crippen molar-refractivity contribution >= 4 is 11.7 Å². The van der Waals surface area contributed by atoms with Gasteiger partial charge in [-0.25, -0.2) is 4.98 Å². The SMILES string of the molecule is Cc1cc(C(N)=O)c(N2CCCC3(CCN(C)C3)C2)nc1C. The largest absolute Gasteiger partial charge is 0.365 e. The van der Waals surface area contributed by atoms with E-state index in [1.807, 2.05) is 19.9 Å². The summed E-state index contributed by atoms with van der Waals surface area (Å²) in [4.78, 5) is 21.2. The first-order valence-electron chi connectivity index (χ1n) is 8.12. The Morgan fingerprint density at radius 3 is 2.68 bits per heavy atom. The van der Waals surface area contributed by atoms with E-state index in [2.05, 4.69) is 16.8 Å². The number of likely N-dealkylation sites (tertiary alicyclic amines) is 1. The minimum absolute atomic E-state index is 0.350. The maximum absolute atomic E-state index is 11.8. The van der Waals surface area contributed by atoms with Crippen LogP contribution in [0.5, 0.6) is 0 Å². The predicted molar refractivity (Wildman–Crippen MR) is 88.2 cm³/mol.